The normalized spacial score (nSPS) is 12.2. The first kappa shape index (κ1) is 34.4. The quantitative estimate of drug-likeness (QED) is 0.178. The summed E-state index contributed by atoms with van der Waals surface area (Å²) in [6, 6.07) is 59.0. The van der Waals surface area contributed by atoms with E-state index < -0.39 is 0 Å². The van der Waals surface area contributed by atoms with E-state index in [-0.39, 0.29) is 10.8 Å². The van der Waals surface area contributed by atoms with Gasteiger partial charge in [0.1, 0.15) is 0 Å². The topological polar surface area (TPSA) is 30.7 Å². The standard InChI is InChI=1S/C52H45N3/c1-51(2,3)37-23-29-48-44(31-37)45-32-38(52(4,5)6)24-30-49(45)55(48)39-25-21-34(22-26-39)40-27-28-43(42-20-14-13-19-41(40)42)47-33-46(35-15-9-7-10-16-35)53-50(54-47)36-17-11-8-12-18-36/h7-33H,1-6H3. The number of hydrogen-bond acceptors (Lipinski definition) is 2. The molecule has 0 radical (unpaired) electrons. The zero-order chi connectivity index (χ0) is 37.9. The van der Waals surface area contributed by atoms with Crippen molar-refractivity contribution in [3.05, 3.63) is 175 Å². The predicted octanol–water partition coefficient (Wildman–Crippen LogP) is 14.0. The third kappa shape index (κ3) is 6.30. The number of rotatable bonds is 5. The van der Waals surface area contributed by atoms with Gasteiger partial charge in [-0.05, 0) is 86.3 Å². The Bertz CT molecular complexity index is 2720. The molecule has 2 aromatic heterocycles. The van der Waals surface area contributed by atoms with E-state index in [4.69, 9.17) is 9.97 Å². The van der Waals surface area contributed by atoms with Crippen molar-refractivity contribution in [3.8, 4) is 50.7 Å². The lowest BCUT2D eigenvalue weighted by Crippen LogP contribution is -2.10. The van der Waals surface area contributed by atoms with Crippen LogP contribution in [0.25, 0.3) is 83.3 Å². The van der Waals surface area contributed by atoms with Gasteiger partial charge < -0.3 is 4.57 Å². The highest BCUT2D eigenvalue weighted by Gasteiger charge is 2.21. The van der Waals surface area contributed by atoms with E-state index in [1.54, 1.807) is 0 Å². The van der Waals surface area contributed by atoms with E-state index in [2.05, 4.69) is 186 Å². The van der Waals surface area contributed by atoms with Crippen LogP contribution in [0.15, 0.2) is 164 Å². The van der Waals surface area contributed by atoms with Gasteiger partial charge in [-0.2, -0.15) is 0 Å². The predicted molar refractivity (Wildman–Crippen MR) is 233 cm³/mol. The number of fused-ring (bicyclic) bond motifs is 4. The second-order valence-electron chi connectivity index (χ2n) is 16.7. The van der Waals surface area contributed by atoms with Crippen molar-refractivity contribution in [2.45, 2.75) is 52.4 Å². The molecule has 0 aliphatic carbocycles. The smallest absolute Gasteiger partial charge is 0.160 e. The highest BCUT2D eigenvalue weighted by Crippen LogP contribution is 2.40. The Morgan fingerprint density at radius 2 is 0.873 bits per heavy atom. The molecule has 0 aliphatic heterocycles. The minimum absolute atomic E-state index is 0.0616. The molecule has 0 bridgehead atoms. The second-order valence-corrected chi connectivity index (χ2v) is 16.7. The van der Waals surface area contributed by atoms with Crippen LogP contribution >= 0.6 is 0 Å². The Morgan fingerprint density at radius 3 is 1.44 bits per heavy atom. The largest absolute Gasteiger partial charge is 0.309 e. The zero-order valence-corrected chi connectivity index (χ0v) is 32.4. The SMILES string of the molecule is CC(C)(C)c1ccc2c(c1)c1cc(C(C)(C)C)ccc1n2-c1ccc(-c2ccc(-c3cc(-c4ccccc4)nc(-c4ccccc4)n3)c3ccccc23)cc1. The van der Waals surface area contributed by atoms with Crippen LogP contribution in [-0.4, -0.2) is 14.5 Å². The maximum atomic E-state index is 5.17. The Morgan fingerprint density at radius 1 is 0.382 bits per heavy atom. The van der Waals surface area contributed by atoms with Gasteiger partial charge in [-0.1, -0.05) is 163 Å². The van der Waals surface area contributed by atoms with Crippen molar-refractivity contribution >= 4 is 32.6 Å². The number of hydrogen-bond donors (Lipinski definition) is 0. The molecular formula is C52H45N3. The van der Waals surface area contributed by atoms with Crippen LogP contribution in [0.5, 0.6) is 0 Å². The van der Waals surface area contributed by atoms with Crippen molar-refractivity contribution in [1.82, 2.24) is 14.5 Å². The molecule has 0 atom stereocenters. The molecule has 0 fully saturated rings. The Labute approximate surface area is 324 Å². The molecule has 0 saturated heterocycles. The van der Waals surface area contributed by atoms with Gasteiger partial charge in [0.15, 0.2) is 5.82 Å². The van der Waals surface area contributed by atoms with Gasteiger partial charge in [0.2, 0.25) is 0 Å². The van der Waals surface area contributed by atoms with Gasteiger partial charge in [-0.3, -0.25) is 0 Å². The van der Waals surface area contributed by atoms with Crippen LogP contribution in [-0.2, 0) is 10.8 Å². The Kier molecular flexibility index (Phi) is 8.27. The highest BCUT2D eigenvalue weighted by molar-refractivity contribution is 6.10. The lowest BCUT2D eigenvalue weighted by molar-refractivity contribution is 0.590. The molecule has 0 unspecified atom stereocenters. The third-order valence-corrected chi connectivity index (χ3v) is 11.0. The van der Waals surface area contributed by atoms with Crippen molar-refractivity contribution in [2.24, 2.45) is 0 Å². The van der Waals surface area contributed by atoms with Crippen molar-refractivity contribution in [2.75, 3.05) is 0 Å². The van der Waals surface area contributed by atoms with Gasteiger partial charge in [0, 0.05) is 33.2 Å². The average Bonchev–Trinajstić information content (AvgIpc) is 3.53. The fraction of sp³-hybridized carbons (Fsp3) is 0.154. The summed E-state index contributed by atoms with van der Waals surface area (Å²) in [4.78, 5) is 10.2. The van der Waals surface area contributed by atoms with E-state index in [1.165, 1.54) is 49.4 Å². The Balaban J connectivity index is 1.16. The van der Waals surface area contributed by atoms with Crippen molar-refractivity contribution in [1.29, 1.82) is 0 Å². The van der Waals surface area contributed by atoms with E-state index in [0.29, 0.717) is 0 Å². The lowest BCUT2D eigenvalue weighted by atomic mass is 9.85. The van der Waals surface area contributed by atoms with Crippen LogP contribution < -0.4 is 0 Å². The van der Waals surface area contributed by atoms with Gasteiger partial charge in [-0.15, -0.1) is 0 Å². The molecule has 0 amide bonds. The summed E-state index contributed by atoms with van der Waals surface area (Å²) >= 11 is 0. The summed E-state index contributed by atoms with van der Waals surface area (Å²) < 4.78 is 2.43. The van der Waals surface area contributed by atoms with Crippen LogP contribution in [0.3, 0.4) is 0 Å². The minimum Gasteiger partial charge on any atom is -0.309 e. The molecule has 0 saturated carbocycles. The summed E-state index contributed by atoms with van der Waals surface area (Å²) in [6.45, 7) is 13.8. The van der Waals surface area contributed by atoms with Gasteiger partial charge in [0.05, 0.1) is 22.4 Å². The molecule has 9 aromatic rings. The van der Waals surface area contributed by atoms with Crippen LogP contribution in [0.2, 0.25) is 0 Å². The molecule has 0 aliphatic rings. The summed E-state index contributed by atoms with van der Waals surface area (Å²) in [6.07, 6.45) is 0. The number of aromatic nitrogens is 3. The third-order valence-electron chi connectivity index (χ3n) is 11.0. The molecule has 268 valence electrons. The lowest BCUT2D eigenvalue weighted by Gasteiger charge is -2.19. The fourth-order valence-corrected chi connectivity index (χ4v) is 7.86. The Hall–Kier alpha value is -6.32. The molecule has 3 nitrogen and oxygen atoms in total. The zero-order valence-electron chi connectivity index (χ0n) is 32.4. The highest BCUT2D eigenvalue weighted by atomic mass is 15.0. The molecule has 0 N–H and O–H groups in total. The molecule has 2 heterocycles. The van der Waals surface area contributed by atoms with E-state index in [9.17, 15) is 0 Å². The maximum Gasteiger partial charge on any atom is 0.160 e. The maximum absolute atomic E-state index is 5.17. The number of benzene rings is 7. The van der Waals surface area contributed by atoms with Gasteiger partial charge >= 0.3 is 0 Å². The van der Waals surface area contributed by atoms with Crippen molar-refractivity contribution < 1.29 is 0 Å². The summed E-state index contributed by atoms with van der Waals surface area (Å²) in [5.74, 6) is 0.718. The molecule has 55 heavy (non-hydrogen) atoms. The van der Waals surface area contributed by atoms with Gasteiger partial charge in [-0.25, -0.2) is 9.97 Å². The van der Waals surface area contributed by atoms with E-state index >= 15 is 0 Å². The summed E-state index contributed by atoms with van der Waals surface area (Å²) in [5, 5.41) is 4.95. The molecule has 0 spiro atoms. The summed E-state index contributed by atoms with van der Waals surface area (Å²) in [7, 11) is 0. The first-order valence-electron chi connectivity index (χ1n) is 19.2. The average molecular weight is 712 g/mol. The second kappa shape index (κ2) is 13.2. The monoisotopic (exact) mass is 711 g/mol. The van der Waals surface area contributed by atoms with Crippen LogP contribution in [0.4, 0.5) is 0 Å². The molecular weight excluding hydrogens is 667 g/mol. The first-order valence-corrected chi connectivity index (χ1v) is 19.2. The first-order chi connectivity index (χ1) is 26.5. The molecule has 3 heteroatoms. The van der Waals surface area contributed by atoms with Gasteiger partial charge in [0.25, 0.3) is 0 Å². The molecule has 7 aromatic carbocycles. The van der Waals surface area contributed by atoms with E-state index in [1.807, 2.05) is 24.3 Å². The number of nitrogens with zero attached hydrogens (tertiary/aromatic N) is 3. The van der Waals surface area contributed by atoms with Crippen molar-refractivity contribution in [3.63, 3.8) is 0 Å². The summed E-state index contributed by atoms with van der Waals surface area (Å²) in [5.41, 5.74) is 13.8. The van der Waals surface area contributed by atoms with Crippen LogP contribution in [0.1, 0.15) is 52.7 Å². The van der Waals surface area contributed by atoms with E-state index in [0.717, 1.165) is 45.0 Å². The minimum atomic E-state index is 0.0616. The van der Waals surface area contributed by atoms with Crippen LogP contribution in [0, 0.1) is 0 Å². The fourth-order valence-electron chi connectivity index (χ4n) is 7.86. The molecule has 9 rings (SSSR count).